The van der Waals surface area contributed by atoms with Crippen molar-refractivity contribution in [1.82, 2.24) is 0 Å². The van der Waals surface area contributed by atoms with E-state index in [4.69, 9.17) is 0 Å². The molecule has 0 spiro atoms. The maximum atomic E-state index is 2.45. The van der Waals surface area contributed by atoms with Crippen molar-refractivity contribution < 1.29 is 0 Å². The summed E-state index contributed by atoms with van der Waals surface area (Å²) in [6.45, 7) is 4.71. The molecule has 8 aromatic carbocycles. The Morgan fingerprint density at radius 3 is 1.91 bits per heavy atom. The van der Waals surface area contributed by atoms with Crippen molar-refractivity contribution in [3.05, 3.63) is 180 Å². The number of fused-ring (bicyclic) bond motifs is 6. The molecule has 8 aromatic rings. The van der Waals surface area contributed by atoms with Crippen molar-refractivity contribution in [3.8, 4) is 33.4 Å². The quantitative estimate of drug-likeness (QED) is 0.140. The highest BCUT2D eigenvalue weighted by atomic mass is 14.4. The van der Waals surface area contributed by atoms with Gasteiger partial charge in [-0.05, 0) is 100 Å². The third-order valence-corrected chi connectivity index (χ3v) is 10.3. The fourth-order valence-corrected chi connectivity index (χ4v) is 7.97. The largest absolute Gasteiger partial charge is 0.0622 e. The van der Waals surface area contributed by atoms with Crippen LogP contribution in [0, 0.1) is 0 Å². The molecular weight excluding hydrogens is 565 g/mol. The van der Waals surface area contributed by atoms with E-state index in [0.717, 1.165) is 0 Å². The Kier molecular flexibility index (Phi) is 6.27. The molecule has 1 aliphatic carbocycles. The summed E-state index contributed by atoms with van der Waals surface area (Å²) in [6.07, 6.45) is 4.55. The Morgan fingerprint density at radius 1 is 0.404 bits per heavy atom. The van der Waals surface area contributed by atoms with Crippen molar-refractivity contribution >= 4 is 44.5 Å². The molecule has 0 fully saturated rings. The van der Waals surface area contributed by atoms with Crippen LogP contribution in [0.1, 0.15) is 36.1 Å². The second kappa shape index (κ2) is 10.7. The lowest BCUT2D eigenvalue weighted by Gasteiger charge is -2.22. The molecule has 0 bridgehead atoms. The molecule has 1 aliphatic rings. The average molecular weight is 599 g/mol. The molecule has 0 saturated heterocycles. The summed E-state index contributed by atoms with van der Waals surface area (Å²) >= 11 is 0. The Morgan fingerprint density at radius 2 is 1.04 bits per heavy atom. The molecule has 0 aliphatic heterocycles. The van der Waals surface area contributed by atoms with Gasteiger partial charge in [0, 0.05) is 5.41 Å². The first-order valence-electron chi connectivity index (χ1n) is 16.5. The minimum atomic E-state index is -0.0256. The van der Waals surface area contributed by atoms with Crippen LogP contribution in [-0.4, -0.2) is 0 Å². The Balaban J connectivity index is 1.36. The summed E-state index contributed by atoms with van der Waals surface area (Å²) in [5.74, 6) is 0. The summed E-state index contributed by atoms with van der Waals surface area (Å²) in [5, 5.41) is 7.60. The molecule has 0 N–H and O–H groups in total. The van der Waals surface area contributed by atoms with E-state index >= 15 is 0 Å². The highest BCUT2D eigenvalue weighted by Gasteiger charge is 2.35. The topological polar surface area (TPSA) is 0 Å². The summed E-state index contributed by atoms with van der Waals surface area (Å²) in [4.78, 5) is 0. The normalized spacial score (nSPS) is 13.4. The van der Waals surface area contributed by atoms with Crippen molar-refractivity contribution in [2.24, 2.45) is 0 Å². The van der Waals surface area contributed by atoms with Gasteiger partial charge in [-0.3, -0.25) is 0 Å². The number of hydrogen-bond donors (Lipinski definition) is 0. The van der Waals surface area contributed by atoms with Crippen LogP contribution in [-0.2, 0) is 5.41 Å². The number of benzene rings is 8. The van der Waals surface area contributed by atoms with Gasteiger partial charge in [0.15, 0.2) is 0 Å². The molecule has 0 heteroatoms. The van der Waals surface area contributed by atoms with Gasteiger partial charge in [0.1, 0.15) is 0 Å². The maximum Gasteiger partial charge on any atom is 0.0158 e. The molecule has 0 atom stereocenters. The molecule has 0 saturated carbocycles. The van der Waals surface area contributed by atoms with E-state index in [-0.39, 0.29) is 5.41 Å². The van der Waals surface area contributed by atoms with Crippen molar-refractivity contribution in [1.29, 1.82) is 0 Å². The first kappa shape index (κ1) is 27.6. The number of hydrogen-bond acceptors (Lipinski definition) is 0. The number of rotatable bonds is 4. The van der Waals surface area contributed by atoms with Crippen molar-refractivity contribution in [2.75, 3.05) is 0 Å². The fourth-order valence-electron chi connectivity index (χ4n) is 7.97. The SMILES string of the molecule is CC1(C)c2ccccc2-c2cc(-c3c4ccccc4c(C=Cc4ccccc4)c4ccc(-c5cccc6ccccc56)cc34)ccc21. The second-order valence-corrected chi connectivity index (χ2v) is 13.3. The molecular formula is C47H34. The lowest BCUT2D eigenvalue weighted by Crippen LogP contribution is -2.14. The average Bonchev–Trinajstić information content (AvgIpc) is 3.35. The van der Waals surface area contributed by atoms with E-state index in [1.807, 2.05) is 0 Å². The molecule has 0 radical (unpaired) electrons. The van der Waals surface area contributed by atoms with Gasteiger partial charge >= 0.3 is 0 Å². The van der Waals surface area contributed by atoms with E-state index in [1.165, 1.54) is 88.0 Å². The minimum absolute atomic E-state index is 0.0256. The van der Waals surface area contributed by atoms with Crippen molar-refractivity contribution in [2.45, 2.75) is 19.3 Å². The fraction of sp³-hybridized carbons (Fsp3) is 0.0638. The van der Waals surface area contributed by atoms with Gasteiger partial charge in [0.2, 0.25) is 0 Å². The van der Waals surface area contributed by atoms with Crippen LogP contribution in [0.2, 0.25) is 0 Å². The molecule has 0 amide bonds. The van der Waals surface area contributed by atoms with Gasteiger partial charge in [-0.25, -0.2) is 0 Å². The lowest BCUT2D eigenvalue weighted by atomic mass is 9.81. The van der Waals surface area contributed by atoms with Crippen LogP contribution in [0.25, 0.3) is 77.9 Å². The summed E-state index contributed by atoms with van der Waals surface area (Å²) in [6, 6.07) is 58.1. The standard InChI is InChI=1S/C47H34/c1-47(2)44-22-11-10-19-40(44)42-30-34(25-28-45(42)47)46-41-20-9-8-18-37(41)38(26-23-31-13-4-3-5-14-31)39-27-24-33(29-43(39)46)36-21-12-16-32-15-6-7-17-35(32)36/h3-30H,1-2H3. The first-order valence-corrected chi connectivity index (χ1v) is 16.5. The van der Waals surface area contributed by atoms with Gasteiger partial charge in [-0.2, -0.15) is 0 Å². The predicted molar refractivity (Wildman–Crippen MR) is 203 cm³/mol. The summed E-state index contributed by atoms with van der Waals surface area (Å²) in [5.41, 5.74) is 13.0. The molecule has 0 nitrogen and oxygen atoms in total. The molecule has 0 unspecified atom stereocenters. The predicted octanol–water partition coefficient (Wildman–Crippen LogP) is 13.0. The van der Waals surface area contributed by atoms with Crippen LogP contribution in [0.15, 0.2) is 158 Å². The zero-order chi connectivity index (χ0) is 31.5. The first-order chi connectivity index (χ1) is 23.1. The van der Waals surface area contributed by atoms with E-state index in [9.17, 15) is 0 Å². The molecule has 0 heterocycles. The smallest absolute Gasteiger partial charge is 0.0158 e. The van der Waals surface area contributed by atoms with E-state index < -0.39 is 0 Å². The van der Waals surface area contributed by atoms with Gasteiger partial charge in [0.25, 0.3) is 0 Å². The van der Waals surface area contributed by atoms with Crippen LogP contribution in [0.4, 0.5) is 0 Å². The summed E-state index contributed by atoms with van der Waals surface area (Å²) in [7, 11) is 0. The lowest BCUT2D eigenvalue weighted by molar-refractivity contribution is 0.660. The van der Waals surface area contributed by atoms with E-state index in [0.29, 0.717) is 0 Å². The molecule has 222 valence electrons. The van der Waals surface area contributed by atoms with E-state index in [2.05, 4.69) is 184 Å². The maximum absolute atomic E-state index is 2.45. The Labute approximate surface area is 276 Å². The van der Waals surface area contributed by atoms with Crippen LogP contribution in [0.3, 0.4) is 0 Å². The van der Waals surface area contributed by atoms with Crippen LogP contribution in [0.5, 0.6) is 0 Å². The highest BCUT2D eigenvalue weighted by molar-refractivity contribution is 6.19. The Bertz CT molecular complexity index is 2520. The monoisotopic (exact) mass is 598 g/mol. The van der Waals surface area contributed by atoms with Crippen molar-refractivity contribution in [3.63, 3.8) is 0 Å². The van der Waals surface area contributed by atoms with Crippen LogP contribution < -0.4 is 0 Å². The van der Waals surface area contributed by atoms with Gasteiger partial charge < -0.3 is 0 Å². The second-order valence-electron chi connectivity index (χ2n) is 13.3. The third-order valence-electron chi connectivity index (χ3n) is 10.3. The molecule has 9 rings (SSSR count). The van der Waals surface area contributed by atoms with Gasteiger partial charge in [0.05, 0.1) is 0 Å². The van der Waals surface area contributed by atoms with Crippen LogP contribution >= 0.6 is 0 Å². The Hall–Kier alpha value is -5.72. The third kappa shape index (κ3) is 4.37. The van der Waals surface area contributed by atoms with Gasteiger partial charge in [-0.1, -0.05) is 172 Å². The minimum Gasteiger partial charge on any atom is -0.0622 e. The molecule has 0 aromatic heterocycles. The van der Waals surface area contributed by atoms with Gasteiger partial charge in [-0.15, -0.1) is 0 Å². The summed E-state index contributed by atoms with van der Waals surface area (Å²) < 4.78 is 0. The highest BCUT2D eigenvalue weighted by Crippen LogP contribution is 2.51. The zero-order valence-electron chi connectivity index (χ0n) is 26.7. The van der Waals surface area contributed by atoms with E-state index in [1.54, 1.807) is 0 Å². The molecule has 47 heavy (non-hydrogen) atoms. The zero-order valence-corrected chi connectivity index (χ0v) is 26.7.